The summed E-state index contributed by atoms with van der Waals surface area (Å²) < 4.78 is 17.7. The Morgan fingerprint density at radius 3 is 2.38 bits per heavy atom. The van der Waals surface area contributed by atoms with Gasteiger partial charge in [-0.15, -0.1) is 0 Å². The number of methoxy groups -OCH3 is 2. The minimum atomic E-state index is 0.269. The third-order valence-corrected chi connectivity index (χ3v) is 7.90. The normalized spacial score (nSPS) is 37.6. The Morgan fingerprint density at radius 2 is 1.69 bits per heavy atom. The molecule has 3 aliphatic rings. The molecule has 5 atom stereocenters. The fourth-order valence-electron chi connectivity index (χ4n) is 6.64. The van der Waals surface area contributed by atoms with Crippen LogP contribution in [0.1, 0.15) is 71.3 Å². The first kappa shape index (κ1) is 18.0. The number of hydrogen-bond donors (Lipinski definition) is 0. The molecule has 2 aliphatic carbocycles. The van der Waals surface area contributed by atoms with Crippen molar-refractivity contribution in [2.24, 2.45) is 22.7 Å². The van der Waals surface area contributed by atoms with Crippen LogP contribution >= 0.6 is 0 Å². The molecule has 1 aliphatic heterocycles. The first-order chi connectivity index (χ1) is 12.3. The highest BCUT2D eigenvalue weighted by atomic mass is 16.5. The highest BCUT2D eigenvalue weighted by Crippen LogP contribution is 2.65. The van der Waals surface area contributed by atoms with Crippen molar-refractivity contribution < 1.29 is 14.2 Å². The van der Waals surface area contributed by atoms with Gasteiger partial charge >= 0.3 is 0 Å². The number of ether oxygens (including phenoxy) is 3. The zero-order valence-corrected chi connectivity index (χ0v) is 17.2. The molecule has 0 N–H and O–H groups in total. The van der Waals surface area contributed by atoms with Crippen molar-refractivity contribution in [2.75, 3.05) is 14.2 Å². The number of rotatable bonds is 2. The maximum absolute atomic E-state index is 6.59. The quantitative estimate of drug-likeness (QED) is 0.667. The van der Waals surface area contributed by atoms with Gasteiger partial charge in [0, 0.05) is 17.5 Å². The minimum Gasteiger partial charge on any atom is -0.493 e. The van der Waals surface area contributed by atoms with Crippen LogP contribution in [0.15, 0.2) is 12.1 Å². The average molecular weight is 359 g/mol. The zero-order valence-electron chi connectivity index (χ0n) is 17.2. The molecule has 144 valence electrons. The fraction of sp³-hybridized carbons (Fsp3) is 0.739. The molecule has 1 heterocycles. The molecule has 0 radical (unpaired) electrons. The van der Waals surface area contributed by atoms with E-state index >= 15 is 0 Å². The molecule has 4 rings (SSSR count). The molecule has 1 aromatic rings. The van der Waals surface area contributed by atoms with Crippen LogP contribution in [-0.2, 0) is 0 Å². The molecular weight excluding hydrogens is 324 g/mol. The van der Waals surface area contributed by atoms with E-state index in [2.05, 4.69) is 33.8 Å². The molecular formula is C23H34O3. The lowest BCUT2D eigenvalue weighted by molar-refractivity contribution is -0.0303. The van der Waals surface area contributed by atoms with Crippen molar-refractivity contribution in [2.45, 2.75) is 71.8 Å². The summed E-state index contributed by atoms with van der Waals surface area (Å²) in [5, 5.41) is 0. The summed E-state index contributed by atoms with van der Waals surface area (Å²) in [5.74, 6) is 4.35. The van der Waals surface area contributed by atoms with Gasteiger partial charge in [0.2, 0.25) is 0 Å². The van der Waals surface area contributed by atoms with E-state index in [0.717, 1.165) is 23.2 Å². The molecule has 0 unspecified atom stereocenters. The molecule has 0 aromatic heterocycles. The predicted molar refractivity (Wildman–Crippen MR) is 104 cm³/mol. The van der Waals surface area contributed by atoms with E-state index in [1.807, 2.05) is 6.07 Å². The Bertz CT molecular complexity index is 695. The molecule has 26 heavy (non-hydrogen) atoms. The summed E-state index contributed by atoms with van der Waals surface area (Å²) in [4.78, 5) is 0. The Hall–Kier alpha value is -1.38. The summed E-state index contributed by atoms with van der Waals surface area (Å²) in [7, 11) is 3.42. The fourth-order valence-corrected chi connectivity index (χ4v) is 6.64. The van der Waals surface area contributed by atoms with Gasteiger partial charge in [-0.3, -0.25) is 0 Å². The van der Waals surface area contributed by atoms with Crippen LogP contribution in [0.3, 0.4) is 0 Å². The molecule has 2 saturated carbocycles. The maximum atomic E-state index is 6.59. The lowest BCUT2D eigenvalue weighted by Gasteiger charge is -2.53. The standard InChI is InChI=1S/C23H34O3/c1-14-8-9-19-22(2,3)10-7-11-23(19,4)20-15-12-17(24-5)18(25-6)13-16(15)26-21(14)20/h12-14,19-21H,7-11H2,1-6H3/t14-,19+,20+,21+,23+/m1/s1. The van der Waals surface area contributed by atoms with E-state index < -0.39 is 0 Å². The molecule has 2 fully saturated rings. The van der Waals surface area contributed by atoms with Gasteiger partial charge in [0.05, 0.1) is 14.2 Å². The zero-order chi connectivity index (χ0) is 18.7. The number of fused-ring (bicyclic) bond motifs is 5. The van der Waals surface area contributed by atoms with Crippen molar-refractivity contribution in [1.82, 2.24) is 0 Å². The van der Waals surface area contributed by atoms with Gasteiger partial charge < -0.3 is 14.2 Å². The molecule has 0 amide bonds. The van der Waals surface area contributed by atoms with Crippen molar-refractivity contribution in [3.8, 4) is 17.2 Å². The second kappa shape index (κ2) is 6.07. The van der Waals surface area contributed by atoms with Gasteiger partial charge in [-0.1, -0.05) is 34.1 Å². The van der Waals surface area contributed by atoms with Crippen molar-refractivity contribution >= 4 is 0 Å². The molecule has 0 bridgehead atoms. The molecule has 0 saturated heterocycles. The van der Waals surface area contributed by atoms with E-state index in [0.29, 0.717) is 17.3 Å². The largest absolute Gasteiger partial charge is 0.493 e. The van der Waals surface area contributed by atoms with Crippen LogP contribution in [0, 0.1) is 22.7 Å². The van der Waals surface area contributed by atoms with Crippen LogP contribution in [0.25, 0.3) is 0 Å². The van der Waals surface area contributed by atoms with Crippen LogP contribution in [-0.4, -0.2) is 20.3 Å². The second-order valence-electron chi connectivity index (χ2n) is 9.76. The molecule has 1 aromatic carbocycles. The first-order valence-electron chi connectivity index (χ1n) is 10.2. The summed E-state index contributed by atoms with van der Waals surface area (Å²) >= 11 is 0. The van der Waals surface area contributed by atoms with Gasteiger partial charge in [-0.25, -0.2) is 0 Å². The maximum Gasteiger partial charge on any atom is 0.164 e. The van der Waals surface area contributed by atoms with Gasteiger partial charge in [-0.05, 0) is 54.4 Å². The van der Waals surface area contributed by atoms with Gasteiger partial charge in [0.25, 0.3) is 0 Å². The topological polar surface area (TPSA) is 27.7 Å². The van der Waals surface area contributed by atoms with Crippen LogP contribution in [0.4, 0.5) is 0 Å². The SMILES string of the molecule is COc1cc2c(cc1OC)[C@H]1[C@@H](O2)[C@H](C)CC[C@H]2C(C)(C)CCC[C@]12C. The molecule has 3 nitrogen and oxygen atoms in total. The highest BCUT2D eigenvalue weighted by molar-refractivity contribution is 5.55. The molecule has 0 spiro atoms. The van der Waals surface area contributed by atoms with Crippen LogP contribution < -0.4 is 14.2 Å². The minimum absolute atomic E-state index is 0.269. The van der Waals surface area contributed by atoms with Crippen molar-refractivity contribution in [1.29, 1.82) is 0 Å². The highest BCUT2D eigenvalue weighted by Gasteiger charge is 2.58. The third kappa shape index (κ3) is 2.46. The van der Waals surface area contributed by atoms with Crippen LogP contribution in [0.2, 0.25) is 0 Å². The smallest absolute Gasteiger partial charge is 0.164 e. The predicted octanol–water partition coefficient (Wildman–Crippen LogP) is 5.81. The molecule has 3 heteroatoms. The van der Waals surface area contributed by atoms with Crippen LogP contribution in [0.5, 0.6) is 17.2 Å². The number of hydrogen-bond acceptors (Lipinski definition) is 3. The Morgan fingerprint density at radius 1 is 1.00 bits per heavy atom. The summed E-state index contributed by atoms with van der Waals surface area (Å²) in [5.41, 5.74) is 2.02. The summed E-state index contributed by atoms with van der Waals surface area (Å²) in [6.07, 6.45) is 6.81. The average Bonchev–Trinajstić information content (AvgIpc) is 2.93. The van der Waals surface area contributed by atoms with Gasteiger partial charge in [0.1, 0.15) is 11.9 Å². The van der Waals surface area contributed by atoms with E-state index in [9.17, 15) is 0 Å². The number of benzene rings is 1. The van der Waals surface area contributed by atoms with Crippen molar-refractivity contribution in [3.63, 3.8) is 0 Å². The Kier molecular flexibility index (Phi) is 4.20. The Labute approximate surface area is 158 Å². The summed E-state index contributed by atoms with van der Waals surface area (Å²) in [6.45, 7) is 9.91. The first-order valence-corrected chi connectivity index (χ1v) is 10.2. The monoisotopic (exact) mass is 358 g/mol. The second-order valence-corrected chi connectivity index (χ2v) is 9.76. The van der Waals surface area contributed by atoms with E-state index in [1.54, 1.807) is 14.2 Å². The van der Waals surface area contributed by atoms with E-state index in [-0.39, 0.29) is 11.5 Å². The van der Waals surface area contributed by atoms with Crippen molar-refractivity contribution in [3.05, 3.63) is 17.7 Å². The lowest BCUT2D eigenvalue weighted by atomic mass is 9.51. The van der Waals surface area contributed by atoms with E-state index in [4.69, 9.17) is 14.2 Å². The van der Waals surface area contributed by atoms with Gasteiger partial charge in [-0.2, -0.15) is 0 Å². The van der Waals surface area contributed by atoms with Gasteiger partial charge in [0.15, 0.2) is 11.5 Å². The summed E-state index contributed by atoms with van der Waals surface area (Å²) in [6, 6.07) is 4.24. The Balaban J connectivity index is 1.86. The third-order valence-electron chi connectivity index (χ3n) is 7.90. The van der Waals surface area contributed by atoms with E-state index in [1.165, 1.54) is 37.7 Å². The lowest BCUT2D eigenvalue weighted by Crippen LogP contribution is -2.46.